The van der Waals surface area contributed by atoms with E-state index in [2.05, 4.69) is 5.32 Å². The predicted octanol–water partition coefficient (Wildman–Crippen LogP) is 2.98. The Kier molecular flexibility index (Phi) is 5.09. The van der Waals surface area contributed by atoms with Crippen molar-refractivity contribution in [2.75, 3.05) is 0 Å². The molecular formula is C19H17FN2O3. The Morgan fingerprint density at radius 2 is 1.80 bits per heavy atom. The van der Waals surface area contributed by atoms with Crippen LogP contribution in [0.25, 0.3) is 0 Å². The lowest BCUT2D eigenvalue weighted by Gasteiger charge is -2.29. The minimum absolute atomic E-state index is 0.120. The highest BCUT2D eigenvalue weighted by atomic mass is 19.1. The van der Waals surface area contributed by atoms with Crippen molar-refractivity contribution in [1.82, 2.24) is 10.2 Å². The van der Waals surface area contributed by atoms with Crippen LogP contribution in [-0.4, -0.2) is 22.9 Å². The van der Waals surface area contributed by atoms with Gasteiger partial charge in [0.05, 0.1) is 0 Å². The maximum absolute atomic E-state index is 13.0. The number of rotatable bonds is 4. The molecule has 3 rings (SSSR count). The maximum Gasteiger partial charge on any atom is 0.414 e. The molecule has 0 radical (unpaired) electrons. The van der Waals surface area contributed by atoms with Crippen LogP contribution in [0.3, 0.4) is 0 Å². The standard InChI is InChI=1S/C19H17FN2O3/c20-16-8-6-14(7-9-16)12-17-18(23)21-10-11-22(17)19(24)25-13-15-4-2-1-3-5-15/h1-11,17H,12-13H2,(H,21,23)/t17-/m0/s1. The first-order valence-corrected chi connectivity index (χ1v) is 7.84. The number of carbonyl (C=O) groups excluding carboxylic acids is 2. The number of carbonyl (C=O) groups is 2. The lowest BCUT2D eigenvalue weighted by molar-refractivity contribution is -0.125. The third-order valence-electron chi connectivity index (χ3n) is 3.86. The molecule has 0 aliphatic carbocycles. The van der Waals surface area contributed by atoms with Gasteiger partial charge in [0.1, 0.15) is 18.5 Å². The lowest BCUT2D eigenvalue weighted by Crippen LogP contribution is -2.50. The van der Waals surface area contributed by atoms with Crippen LogP contribution in [0.5, 0.6) is 0 Å². The van der Waals surface area contributed by atoms with Gasteiger partial charge in [-0.05, 0) is 23.3 Å². The second-order valence-electron chi connectivity index (χ2n) is 5.62. The average Bonchev–Trinajstić information content (AvgIpc) is 2.64. The van der Waals surface area contributed by atoms with Crippen molar-refractivity contribution >= 4 is 12.0 Å². The minimum atomic E-state index is -0.751. The fourth-order valence-electron chi connectivity index (χ4n) is 2.54. The SMILES string of the molecule is O=C1NC=CN(C(=O)OCc2ccccc2)[C@H]1Cc1ccc(F)cc1. The zero-order chi connectivity index (χ0) is 17.6. The Hall–Kier alpha value is -3.15. The molecule has 1 heterocycles. The van der Waals surface area contributed by atoms with Gasteiger partial charge >= 0.3 is 6.09 Å². The molecule has 0 aromatic heterocycles. The highest BCUT2D eigenvalue weighted by molar-refractivity contribution is 5.88. The summed E-state index contributed by atoms with van der Waals surface area (Å²) < 4.78 is 18.3. The van der Waals surface area contributed by atoms with Gasteiger partial charge in [-0.2, -0.15) is 0 Å². The monoisotopic (exact) mass is 340 g/mol. The molecule has 5 nitrogen and oxygen atoms in total. The third kappa shape index (κ3) is 4.23. The summed E-state index contributed by atoms with van der Waals surface area (Å²) in [6.07, 6.45) is 2.52. The highest BCUT2D eigenvalue weighted by Gasteiger charge is 2.31. The van der Waals surface area contributed by atoms with Crippen molar-refractivity contribution in [3.63, 3.8) is 0 Å². The first kappa shape index (κ1) is 16.7. The molecule has 0 saturated heterocycles. The summed E-state index contributed by atoms with van der Waals surface area (Å²) in [6.45, 7) is 0.120. The summed E-state index contributed by atoms with van der Waals surface area (Å²) in [7, 11) is 0. The van der Waals surface area contributed by atoms with Crippen LogP contribution in [-0.2, 0) is 22.6 Å². The largest absolute Gasteiger partial charge is 0.444 e. The molecule has 1 aliphatic heterocycles. The molecule has 2 aromatic rings. The average molecular weight is 340 g/mol. The Morgan fingerprint density at radius 3 is 2.52 bits per heavy atom. The van der Waals surface area contributed by atoms with Crippen molar-refractivity contribution in [2.45, 2.75) is 19.1 Å². The molecule has 0 saturated carbocycles. The van der Waals surface area contributed by atoms with Crippen LogP contribution in [0.2, 0.25) is 0 Å². The van der Waals surface area contributed by atoms with Gasteiger partial charge < -0.3 is 10.1 Å². The van der Waals surface area contributed by atoms with E-state index in [1.165, 1.54) is 29.4 Å². The summed E-state index contributed by atoms with van der Waals surface area (Å²) in [5, 5.41) is 2.58. The first-order valence-electron chi connectivity index (χ1n) is 7.84. The molecule has 6 heteroatoms. The van der Waals surface area contributed by atoms with Gasteiger partial charge in [0.25, 0.3) is 0 Å². The van der Waals surface area contributed by atoms with Crippen molar-refractivity contribution in [2.24, 2.45) is 0 Å². The number of hydrogen-bond donors (Lipinski definition) is 1. The predicted molar refractivity (Wildman–Crippen MR) is 89.6 cm³/mol. The molecule has 128 valence electrons. The Balaban J connectivity index is 1.69. The number of halogens is 1. The van der Waals surface area contributed by atoms with Crippen molar-refractivity contribution in [1.29, 1.82) is 0 Å². The number of benzene rings is 2. The molecule has 0 unspecified atom stereocenters. The number of hydrogen-bond acceptors (Lipinski definition) is 3. The lowest BCUT2D eigenvalue weighted by atomic mass is 10.0. The molecule has 25 heavy (non-hydrogen) atoms. The quantitative estimate of drug-likeness (QED) is 0.931. The van der Waals surface area contributed by atoms with Gasteiger partial charge in [0.15, 0.2) is 0 Å². The Bertz CT molecular complexity index is 775. The summed E-state index contributed by atoms with van der Waals surface area (Å²) in [5.41, 5.74) is 1.61. The number of nitrogens with zero attached hydrogens (tertiary/aromatic N) is 1. The topological polar surface area (TPSA) is 58.6 Å². The molecule has 1 atom stereocenters. The summed E-state index contributed by atoms with van der Waals surface area (Å²) in [5.74, 6) is -0.667. The maximum atomic E-state index is 13.0. The first-order chi connectivity index (χ1) is 12.1. The Morgan fingerprint density at radius 1 is 1.08 bits per heavy atom. The van der Waals surface area contributed by atoms with Crippen LogP contribution in [0.15, 0.2) is 67.0 Å². The zero-order valence-corrected chi connectivity index (χ0v) is 13.4. The van der Waals surface area contributed by atoms with Gasteiger partial charge in [-0.3, -0.25) is 9.69 Å². The van der Waals surface area contributed by atoms with Crippen LogP contribution in [0.4, 0.5) is 9.18 Å². The van der Waals surface area contributed by atoms with E-state index in [0.717, 1.165) is 11.1 Å². The molecule has 0 spiro atoms. The second-order valence-corrected chi connectivity index (χ2v) is 5.62. The number of nitrogens with one attached hydrogen (secondary N) is 1. The van der Waals surface area contributed by atoms with Gasteiger partial charge in [0.2, 0.25) is 5.91 Å². The van der Waals surface area contributed by atoms with Crippen molar-refractivity contribution in [3.05, 3.63) is 83.9 Å². The van der Waals surface area contributed by atoms with Gasteiger partial charge in [-0.25, -0.2) is 9.18 Å². The highest BCUT2D eigenvalue weighted by Crippen LogP contribution is 2.15. The number of amides is 2. The van der Waals surface area contributed by atoms with E-state index in [-0.39, 0.29) is 24.8 Å². The summed E-state index contributed by atoms with van der Waals surface area (Å²) in [4.78, 5) is 25.8. The fraction of sp³-hybridized carbons (Fsp3) is 0.158. The Labute approximate surface area is 144 Å². The smallest absolute Gasteiger partial charge is 0.414 e. The van der Waals surface area contributed by atoms with E-state index in [1.54, 1.807) is 12.1 Å². The molecule has 1 N–H and O–H groups in total. The zero-order valence-electron chi connectivity index (χ0n) is 13.4. The van der Waals surface area contributed by atoms with Crippen LogP contribution in [0, 0.1) is 5.82 Å². The second kappa shape index (κ2) is 7.61. The van der Waals surface area contributed by atoms with Gasteiger partial charge in [-0.1, -0.05) is 42.5 Å². The number of ether oxygens (including phenoxy) is 1. The van der Waals surface area contributed by atoms with Crippen LogP contribution < -0.4 is 5.32 Å². The molecule has 0 bridgehead atoms. The van der Waals surface area contributed by atoms with Gasteiger partial charge in [0, 0.05) is 18.8 Å². The van der Waals surface area contributed by atoms with Crippen molar-refractivity contribution < 1.29 is 18.7 Å². The van der Waals surface area contributed by atoms with E-state index < -0.39 is 12.1 Å². The van der Waals surface area contributed by atoms with Crippen LogP contribution in [0.1, 0.15) is 11.1 Å². The van der Waals surface area contributed by atoms with E-state index in [0.29, 0.717) is 0 Å². The third-order valence-corrected chi connectivity index (χ3v) is 3.86. The fourth-order valence-corrected chi connectivity index (χ4v) is 2.54. The van der Waals surface area contributed by atoms with E-state index >= 15 is 0 Å². The van der Waals surface area contributed by atoms with Crippen LogP contribution >= 0.6 is 0 Å². The van der Waals surface area contributed by atoms with Crippen molar-refractivity contribution in [3.8, 4) is 0 Å². The molecule has 2 amide bonds. The van der Waals surface area contributed by atoms with Gasteiger partial charge in [-0.15, -0.1) is 0 Å². The van der Waals surface area contributed by atoms with E-state index in [1.807, 2.05) is 30.3 Å². The van der Waals surface area contributed by atoms with E-state index in [9.17, 15) is 14.0 Å². The minimum Gasteiger partial charge on any atom is -0.444 e. The summed E-state index contributed by atoms with van der Waals surface area (Å²) >= 11 is 0. The molecular weight excluding hydrogens is 323 g/mol. The molecule has 1 aliphatic rings. The summed E-state index contributed by atoms with van der Waals surface area (Å²) in [6, 6.07) is 14.4. The molecule has 0 fully saturated rings. The molecule has 2 aromatic carbocycles. The normalized spacial score (nSPS) is 16.4. The van der Waals surface area contributed by atoms with E-state index in [4.69, 9.17) is 4.74 Å².